The molecule has 412 valence electrons. The molecular weight excluding hydrogens is 1010 g/mol. The molecule has 3 amide bonds. The van der Waals surface area contributed by atoms with Gasteiger partial charge in [0.2, 0.25) is 17.7 Å². The summed E-state index contributed by atoms with van der Waals surface area (Å²) in [4.78, 5) is 137. The van der Waals surface area contributed by atoms with E-state index in [9.17, 15) is 87.3 Å². The molecule has 0 bridgehead atoms. The fraction of sp³-hybridized carbons (Fsp3) is 0.511. The van der Waals surface area contributed by atoms with E-state index in [0.717, 1.165) is 15.4 Å². The molecule has 1 aromatic carbocycles. The molecule has 0 saturated heterocycles. The van der Waals surface area contributed by atoms with Crippen molar-refractivity contribution < 1.29 is 87.3 Å². The number of ketones is 1. The van der Waals surface area contributed by atoms with Crippen LogP contribution in [0.4, 0.5) is 5.69 Å². The number of rotatable bonds is 38. The quantitative estimate of drug-likeness (QED) is 0.0302. The minimum absolute atomic E-state index is 0.0455. The van der Waals surface area contributed by atoms with Crippen molar-refractivity contribution in [2.45, 2.75) is 58.3 Å². The van der Waals surface area contributed by atoms with Gasteiger partial charge in [-0.1, -0.05) is 12.1 Å². The molecule has 1 atom stereocenters. The molecule has 0 aliphatic carbocycles. The standard InChI is InChI=1S/C45H63N11O18S/c1-49(27-42(65)66)37(58)24-51(21-34(57)32(19-40(61)62)20-41(63)64)12-3-14-54-17-10-46-35(54)22-53(16-9-31-5-7-33(8-6-31)48-75(73)74)23-36-47-11-18-55(36)15-4-13-52(25-38(59)50(2)28-43(67)68)26-39(60)56(29-44(69)70)30-45(71)72/h5-8,10-11,17-18,32,48H,3-4,9,12-16,19-30H2,1-2H3,(H,61,62)(H,63,64)(H,65,66)(H,67,68)(H,69,70)(H,71,72)(H,73,74). The number of benzene rings is 1. The summed E-state index contributed by atoms with van der Waals surface area (Å²) in [6.07, 6.45) is 6.12. The number of nitrogens with zero attached hydrogens (tertiary/aromatic N) is 10. The van der Waals surface area contributed by atoms with Gasteiger partial charge in [0, 0.05) is 83.2 Å². The maximum Gasteiger partial charge on any atom is 0.323 e. The summed E-state index contributed by atoms with van der Waals surface area (Å²) in [6.45, 7) is -3.45. The molecule has 2 aromatic heterocycles. The number of hydrogen-bond acceptors (Lipinski definition) is 16. The van der Waals surface area contributed by atoms with Gasteiger partial charge in [-0.05, 0) is 37.0 Å². The third-order valence-corrected chi connectivity index (χ3v) is 11.7. The number of carboxylic acid groups (broad SMARTS) is 6. The number of carboxylic acids is 6. The van der Waals surface area contributed by atoms with Gasteiger partial charge in [-0.15, -0.1) is 0 Å². The molecule has 0 saturated carbocycles. The molecule has 0 radical (unpaired) electrons. The largest absolute Gasteiger partial charge is 0.481 e. The highest BCUT2D eigenvalue weighted by Gasteiger charge is 2.28. The van der Waals surface area contributed by atoms with Gasteiger partial charge >= 0.3 is 35.8 Å². The Kier molecular flexibility index (Phi) is 25.6. The molecule has 8 N–H and O–H groups in total. The zero-order chi connectivity index (χ0) is 55.8. The predicted molar refractivity (Wildman–Crippen MR) is 261 cm³/mol. The van der Waals surface area contributed by atoms with Gasteiger partial charge in [-0.25, -0.2) is 14.2 Å². The highest BCUT2D eigenvalue weighted by molar-refractivity contribution is 7.80. The molecule has 3 rings (SSSR count). The van der Waals surface area contributed by atoms with Gasteiger partial charge in [0.25, 0.3) is 11.3 Å². The van der Waals surface area contributed by atoms with Crippen molar-refractivity contribution in [3.8, 4) is 0 Å². The lowest BCUT2D eigenvalue weighted by molar-refractivity contribution is -0.150. The van der Waals surface area contributed by atoms with E-state index >= 15 is 0 Å². The zero-order valence-electron chi connectivity index (χ0n) is 41.3. The lowest BCUT2D eigenvalue weighted by atomic mass is 9.96. The maximum absolute atomic E-state index is 13.3. The van der Waals surface area contributed by atoms with Gasteiger partial charge < -0.3 is 54.5 Å². The van der Waals surface area contributed by atoms with Crippen LogP contribution in [0, 0.1) is 5.92 Å². The Morgan fingerprint density at radius 1 is 0.560 bits per heavy atom. The van der Waals surface area contributed by atoms with Crippen molar-refractivity contribution in [1.82, 2.24) is 48.5 Å². The number of carbonyl (C=O) groups excluding carboxylic acids is 4. The van der Waals surface area contributed by atoms with Crippen LogP contribution in [0.5, 0.6) is 0 Å². The van der Waals surface area contributed by atoms with E-state index in [0.29, 0.717) is 41.6 Å². The number of nitrogens with one attached hydrogen (secondary N) is 1. The summed E-state index contributed by atoms with van der Waals surface area (Å²) in [5.74, 6) is -11.4. The first-order valence-electron chi connectivity index (χ1n) is 23.1. The highest BCUT2D eigenvalue weighted by atomic mass is 32.2. The van der Waals surface area contributed by atoms with Gasteiger partial charge in [0.05, 0.1) is 52.1 Å². The van der Waals surface area contributed by atoms with Crippen LogP contribution < -0.4 is 4.72 Å². The molecule has 30 heteroatoms. The summed E-state index contributed by atoms with van der Waals surface area (Å²) >= 11 is -2.28. The SMILES string of the molecule is CN(CC(=O)O)C(=O)CN(CCCn1ccnc1CN(CCc1ccc(NS(=O)O)cc1)Cc1nccn1CCCN(CC(=O)N(C)CC(=O)O)CC(=O)N(CC(=O)O)CC(=O)O)CC(=O)C(CC(=O)O)CC(=O)O. The summed E-state index contributed by atoms with van der Waals surface area (Å²) in [5, 5.41) is 55.7. The van der Waals surface area contributed by atoms with E-state index in [2.05, 4.69) is 14.7 Å². The zero-order valence-corrected chi connectivity index (χ0v) is 42.2. The third kappa shape index (κ3) is 23.8. The first kappa shape index (κ1) is 61.6. The van der Waals surface area contributed by atoms with E-state index in [1.165, 1.54) is 23.9 Å². The Bertz CT molecular complexity index is 2320. The van der Waals surface area contributed by atoms with Gasteiger partial charge in [-0.2, -0.15) is 0 Å². The average molecular weight is 1080 g/mol. The molecule has 0 aliphatic heterocycles. The van der Waals surface area contributed by atoms with Crippen LogP contribution in [-0.4, -0.2) is 233 Å². The topological polar surface area (TPSA) is 396 Å². The minimum Gasteiger partial charge on any atom is -0.481 e. The Labute approximate surface area is 432 Å². The molecule has 75 heavy (non-hydrogen) atoms. The number of likely N-dealkylation sites (N-methyl/N-ethyl adjacent to an activating group) is 2. The Balaban J connectivity index is 1.86. The molecule has 0 spiro atoms. The highest BCUT2D eigenvalue weighted by Crippen LogP contribution is 2.16. The number of imidazole rings is 2. The predicted octanol–water partition coefficient (Wildman–Crippen LogP) is -1.52. The lowest BCUT2D eigenvalue weighted by Gasteiger charge is -2.27. The second-order valence-electron chi connectivity index (χ2n) is 17.4. The third-order valence-electron chi connectivity index (χ3n) is 11.3. The van der Waals surface area contributed by atoms with Crippen molar-refractivity contribution in [2.75, 3.05) is 90.8 Å². The first-order valence-corrected chi connectivity index (χ1v) is 24.2. The molecule has 0 aliphatic rings. The summed E-state index contributed by atoms with van der Waals surface area (Å²) in [7, 11) is 2.52. The van der Waals surface area contributed by atoms with Crippen LogP contribution in [-0.2, 0) is 91.8 Å². The summed E-state index contributed by atoms with van der Waals surface area (Å²) < 4.78 is 26.6. The summed E-state index contributed by atoms with van der Waals surface area (Å²) in [6, 6.07) is 6.85. The number of amides is 3. The monoisotopic (exact) mass is 1080 g/mol. The van der Waals surface area contributed by atoms with E-state index in [-0.39, 0.29) is 45.7 Å². The Morgan fingerprint density at radius 2 is 0.987 bits per heavy atom. The minimum atomic E-state index is -2.28. The lowest BCUT2D eigenvalue weighted by Crippen LogP contribution is -2.48. The van der Waals surface area contributed by atoms with Crippen molar-refractivity contribution in [3.05, 3.63) is 66.3 Å². The van der Waals surface area contributed by atoms with E-state index in [1.54, 1.807) is 49.1 Å². The van der Waals surface area contributed by atoms with Crippen molar-refractivity contribution in [2.24, 2.45) is 5.92 Å². The van der Waals surface area contributed by atoms with E-state index < -0.39 is 142 Å². The number of aryl methyl sites for hydroxylation is 2. The Morgan fingerprint density at radius 3 is 1.40 bits per heavy atom. The number of anilines is 1. The van der Waals surface area contributed by atoms with E-state index in [4.69, 9.17) is 0 Å². The van der Waals surface area contributed by atoms with Crippen LogP contribution in [0.2, 0.25) is 0 Å². The van der Waals surface area contributed by atoms with Crippen LogP contribution >= 0.6 is 0 Å². The molecule has 1 unspecified atom stereocenters. The van der Waals surface area contributed by atoms with Crippen LogP contribution in [0.1, 0.15) is 42.9 Å². The summed E-state index contributed by atoms with van der Waals surface area (Å²) in [5.41, 5.74) is 1.29. The fourth-order valence-corrected chi connectivity index (χ4v) is 7.95. The second kappa shape index (κ2) is 31.2. The smallest absolute Gasteiger partial charge is 0.323 e. The maximum atomic E-state index is 13.3. The number of carbonyl (C=O) groups is 10. The number of aliphatic carboxylic acids is 6. The molecule has 29 nitrogen and oxygen atoms in total. The first-order chi connectivity index (χ1) is 35.4. The van der Waals surface area contributed by atoms with Gasteiger partial charge in [-0.3, -0.25) is 71.9 Å². The average Bonchev–Trinajstić information content (AvgIpc) is 3.95. The van der Waals surface area contributed by atoms with Crippen molar-refractivity contribution in [1.29, 1.82) is 0 Å². The van der Waals surface area contributed by atoms with Crippen LogP contribution in [0.3, 0.4) is 0 Å². The number of Topliss-reactive ketones (excluding diaryl/α,β-unsaturated/α-hetero) is 1. The molecule has 0 fully saturated rings. The van der Waals surface area contributed by atoms with Crippen LogP contribution in [0.15, 0.2) is 49.1 Å². The van der Waals surface area contributed by atoms with Gasteiger partial charge in [0.1, 0.15) is 37.8 Å². The second-order valence-corrected chi connectivity index (χ2v) is 18.1. The molecule has 3 aromatic rings. The van der Waals surface area contributed by atoms with Gasteiger partial charge in [0.15, 0.2) is 5.78 Å². The van der Waals surface area contributed by atoms with E-state index in [1.807, 2.05) is 14.0 Å². The van der Waals surface area contributed by atoms with Crippen LogP contribution in [0.25, 0.3) is 0 Å². The normalized spacial score (nSPS) is 11.7. The van der Waals surface area contributed by atoms with Crippen molar-refractivity contribution >= 4 is 76.3 Å². The van der Waals surface area contributed by atoms with Crippen molar-refractivity contribution in [3.63, 3.8) is 0 Å². The molecule has 2 heterocycles. The Hall–Kier alpha value is -7.67. The molecular formula is C45H63N11O18S. The number of hydrogen-bond donors (Lipinski definition) is 8. The fourth-order valence-electron chi connectivity index (χ4n) is 7.62. The number of aromatic nitrogens is 4.